The number of fused-ring (bicyclic) bond motifs is 1. The number of aliphatic hydroxyl groups excluding tert-OH is 1. The molecule has 0 amide bonds. The van der Waals surface area contributed by atoms with Gasteiger partial charge in [-0.1, -0.05) is 11.6 Å². The Morgan fingerprint density at radius 1 is 1.20 bits per heavy atom. The molecule has 0 atom stereocenters. The van der Waals surface area contributed by atoms with Crippen LogP contribution < -0.4 is 0 Å². The van der Waals surface area contributed by atoms with Crippen LogP contribution in [-0.2, 0) is 6.54 Å². The molecule has 0 aliphatic rings. The quantitative estimate of drug-likeness (QED) is 0.797. The first kappa shape index (κ1) is 10.2. The maximum absolute atomic E-state index is 9.05. The molecule has 0 unspecified atom stereocenters. The molecular formula is C13H17NO. The van der Waals surface area contributed by atoms with Crippen molar-refractivity contribution in [2.24, 2.45) is 0 Å². The second-order valence-electron chi connectivity index (χ2n) is 4.11. The van der Waals surface area contributed by atoms with Crippen molar-refractivity contribution in [2.75, 3.05) is 6.61 Å². The molecule has 1 aromatic heterocycles. The van der Waals surface area contributed by atoms with E-state index in [-0.39, 0.29) is 6.61 Å². The summed E-state index contributed by atoms with van der Waals surface area (Å²) in [6, 6.07) is 6.47. The second kappa shape index (κ2) is 3.70. The highest BCUT2D eigenvalue weighted by molar-refractivity contribution is 5.85. The van der Waals surface area contributed by atoms with Gasteiger partial charge in [0.2, 0.25) is 0 Å². The van der Waals surface area contributed by atoms with Crippen molar-refractivity contribution in [1.29, 1.82) is 0 Å². The summed E-state index contributed by atoms with van der Waals surface area (Å²) in [5.74, 6) is 0. The van der Waals surface area contributed by atoms with Crippen LogP contribution >= 0.6 is 0 Å². The number of hydrogen-bond acceptors (Lipinski definition) is 1. The Labute approximate surface area is 90.2 Å². The van der Waals surface area contributed by atoms with Gasteiger partial charge < -0.3 is 9.67 Å². The maximum atomic E-state index is 9.05. The highest BCUT2D eigenvalue weighted by Crippen LogP contribution is 2.25. The first-order valence-corrected chi connectivity index (χ1v) is 5.32. The number of nitrogens with zero attached hydrogens (tertiary/aromatic N) is 1. The first-order chi connectivity index (χ1) is 7.15. The number of aromatic nitrogens is 1. The molecule has 2 nitrogen and oxygen atoms in total. The van der Waals surface area contributed by atoms with Gasteiger partial charge in [0.05, 0.1) is 6.61 Å². The SMILES string of the molecule is Cc1ccc2c(c1)c(C)c(C)n2CCO. The summed E-state index contributed by atoms with van der Waals surface area (Å²) in [6.45, 7) is 7.24. The van der Waals surface area contributed by atoms with Crippen molar-refractivity contribution in [3.8, 4) is 0 Å². The lowest BCUT2D eigenvalue weighted by atomic mass is 10.1. The molecule has 1 aromatic carbocycles. The maximum Gasteiger partial charge on any atom is 0.0610 e. The molecule has 2 aromatic rings. The molecule has 0 spiro atoms. The summed E-state index contributed by atoms with van der Waals surface area (Å²) >= 11 is 0. The lowest BCUT2D eigenvalue weighted by Gasteiger charge is -2.05. The second-order valence-corrected chi connectivity index (χ2v) is 4.11. The van der Waals surface area contributed by atoms with Gasteiger partial charge in [-0.3, -0.25) is 0 Å². The van der Waals surface area contributed by atoms with Gasteiger partial charge in [-0.25, -0.2) is 0 Å². The third-order valence-electron chi connectivity index (χ3n) is 3.12. The minimum atomic E-state index is 0.192. The average molecular weight is 203 g/mol. The Balaban J connectivity index is 2.75. The molecule has 0 saturated heterocycles. The Hall–Kier alpha value is -1.28. The van der Waals surface area contributed by atoms with Crippen molar-refractivity contribution in [2.45, 2.75) is 27.3 Å². The van der Waals surface area contributed by atoms with E-state index in [0.717, 1.165) is 0 Å². The number of aryl methyl sites for hydroxylation is 2. The molecule has 1 heterocycles. The Bertz CT molecular complexity index is 497. The van der Waals surface area contributed by atoms with Crippen LogP contribution in [0.15, 0.2) is 18.2 Å². The first-order valence-electron chi connectivity index (χ1n) is 5.32. The number of rotatable bonds is 2. The van der Waals surface area contributed by atoms with Crippen LogP contribution in [0.1, 0.15) is 16.8 Å². The lowest BCUT2D eigenvalue weighted by Crippen LogP contribution is -2.03. The normalized spacial score (nSPS) is 11.2. The minimum absolute atomic E-state index is 0.192. The van der Waals surface area contributed by atoms with Crippen LogP contribution in [-0.4, -0.2) is 16.3 Å². The summed E-state index contributed by atoms with van der Waals surface area (Å²) in [4.78, 5) is 0. The molecule has 0 aliphatic carbocycles. The minimum Gasteiger partial charge on any atom is -0.395 e. The standard InChI is InChI=1S/C13H17NO/c1-9-4-5-13-12(8-9)10(2)11(3)14(13)6-7-15/h4-5,8,15H,6-7H2,1-3H3. The van der Waals surface area contributed by atoms with E-state index in [1.54, 1.807) is 0 Å². The van der Waals surface area contributed by atoms with Crippen molar-refractivity contribution in [3.05, 3.63) is 35.0 Å². The van der Waals surface area contributed by atoms with Crippen LogP contribution in [0.3, 0.4) is 0 Å². The highest BCUT2D eigenvalue weighted by atomic mass is 16.3. The smallest absolute Gasteiger partial charge is 0.0610 e. The van der Waals surface area contributed by atoms with Gasteiger partial charge in [0.1, 0.15) is 0 Å². The van der Waals surface area contributed by atoms with Gasteiger partial charge in [0, 0.05) is 23.1 Å². The summed E-state index contributed by atoms with van der Waals surface area (Å²) in [7, 11) is 0. The number of aliphatic hydroxyl groups is 1. The molecule has 0 fully saturated rings. The molecular weight excluding hydrogens is 186 g/mol. The highest BCUT2D eigenvalue weighted by Gasteiger charge is 2.09. The van der Waals surface area contributed by atoms with Gasteiger partial charge in [-0.2, -0.15) is 0 Å². The van der Waals surface area contributed by atoms with Crippen molar-refractivity contribution < 1.29 is 5.11 Å². The molecule has 80 valence electrons. The van der Waals surface area contributed by atoms with E-state index >= 15 is 0 Å². The van der Waals surface area contributed by atoms with Crippen LogP contribution in [0, 0.1) is 20.8 Å². The van der Waals surface area contributed by atoms with Gasteiger partial charge in [-0.05, 0) is 38.5 Å². The molecule has 0 saturated carbocycles. The van der Waals surface area contributed by atoms with E-state index in [0.29, 0.717) is 6.54 Å². The Kier molecular flexibility index (Phi) is 2.53. The largest absolute Gasteiger partial charge is 0.395 e. The summed E-state index contributed by atoms with van der Waals surface area (Å²) in [6.07, 6.45) is 0. The predicted molar refractivity (Wildman–Crippen MR) is 63.2 cm³/mol. The molecule has 0 aliphatic heterocycles. The number of hydrogen-bond donors (Lipinski definition) is 1. The zero-order valence-corrected chi connectivity index (χ0v) is 9.54. The van der Waals surface area contributed by atoms with Crippen molar-refractivity contribution in [3.63, 3.8) is 0 Å². The molecule has 0 radical (unpaired) electrons. The zero-order chi connectivity index (χ0) is 11.0. The topological polar surface area (TPSA) is 25.2 Å². The fourth-order valence-corrected chi connectivity index (χ4v) is 2.15. The molecule has 2 rings (SSSR count). The summed E-state index contributed by atoms with van der Waals surface area (Å²) in [5.41, 5.74) is 5.09. The molecule has 2 heteroatoms. The molecule has 1 N–H and O–H groups in total. The van der Waals surface area contributed by atoms with Gasteiger partial charge in [0.15, 0.2) is 0 Å². The van der Waals surface area contributed by atoms with E-state index in [1.807, 2.05) is 0 Å². The fraction of sp³-hybridized carbons (Fsp3) is 0.385. The summed E-state index contributed by atoms with van der Waals surface area (Å²) in [5, 5.41) is 10.4. The van der Waals surface area contributed by atoms with Gasteiger partial charge in [0.25, 0.3) is 0 Å². The summed E-state index contributed by atoms with van der Waals surface area (Å²) < 4.78 is 2.18. The Morgan fingerprint density at radius 2 is 1.93 bits per heavy atom. The van der Waals surface area contributed by atoms with Gasteiger partial charge in [-0.15, -0.1) is 0 Å². The van der Waals surface area contributed by atoms with Crippen LogP contribution in [0.25, 0.3) is 10.9 Å². The Morgan fingerprint density at radius 3 is 2.60 bits per heavy atom. The van der Waals surface area contributed by atoms with Gasteiger partial charge >= 0.3 is 0 Å². The van der Waals surface area contributed by atoms with Crippen LogP contribution in [0.5, 0.6) is 0 Å². The number of benzene rings is 1. The van der Waals surface area contributed by atoms with E-state index in [4.69, 9.17) is 5.11 Å². The monoisotopic (exact) mass is 203 g/mol. The van der Waals surface area contributed by atoms with E-state index in [1.165, 1.54) is 27.7 Å². The van der Waals surface area contributed by atoms with E-state index in [9.17, 15) is 0 Å². The molecule has 0 bridgehead atoms. The molecule has 15 heavy (non-hydrogen) atoms. The zero-order valence-electron chi connectivity index (χ0n) is 9.54. The van der Waals surface area contributed by atoms with Crippen molar-refractivity contribution in [1.82, 2.24) is 4.57 Å². The fourth-order valence-electron chi connectivity index (χ4n) is 2.15. The average Bonchev–Trinajstić information content (AvgIpc) is 2.44. The third kappa shape index (κ3) is 1.55. The third-order valence-corrected chi connectivity index (χ3v) is 3.12. The van der Waals surface area contributed by atoms with Crippen LogP contribution in [0.2, 0.25) is 0 Å². The predicted octanol–water partition coefficient (Wildman–Crippen LogP) is 2.56. The van der Waals surface area contributed by atoms with E-state index in [2.05, 4.69) is 43.5 Å². The lowest BCUT2D eigenvalue weighted by molar-refractivity contribution is 0.277. The van der Waals surface area contributed by atoms with E-state index < -0.39 is 0 Å². The van der Waals surface area contributed by atoms with Crippen molar-refractivity contribution >= 4 is 10.9 Å². The van der Waals surface area contributed by atoms with Crippen LogP contribution in [0.4, 0.5) is 0 Å².